The van der Waals surface area contributed by atoms with Gasteiger partial charge in [0.15, 0.2) is 6.29 Å². The van der Waals surface area contributed by atoms with E-state index in [-0.39, 0.29) is 6.42 Å². The third-order valence-electron chi connectivity index (χ3n) is 5.16. The van der Waals surface area contributed by atoms with Crippen LogP contribution in [-0.2, 0) is 9.53 Å². The number of nitrogens with zero attached hydrogens (tertiary/aromatic N) is 1. The fraction of sp³-hybridized carbons (Fsp3) is 0.462. The van der Waals surface area contributed by atoms with E-state index in [0.29, 0.717) is 25.1 Å². The Morgan fingerprint density at radius 2 is 1.78 bits per heavy atom. The van der Waals surface area contributed by atoms with E-state index in [2.05, 4.69) is 11.8 Å². The highest BCUT2D eigenvalue weighted by atomic mass is 16.5. The van der Waals surface area contributed by atoms with Gasteiger partial charge >= 0.3 is 5.97 Å². The largest absolute Gasteiger partial charge is 0.493 e. The van der Waals surface area contributed by atoms with Crippen LogP contribution in [0.1, 0.15) is 56.3 Å². The Balaban J connectivity index is 0.000000636. The third kappa shape index (κ3) is 7.68. The molecule has 1 fully saturated rings. The zero-order chi connectivity index (χ0) is 23.2. The average Bonchev–Trinajstić information content (AvgIpc) is 3.39. The van der Waals surface area contributed by atoms with Crippen LogP contribution in [-0.4, -0.2) is 50.3 Å². The molecule has 0 amide bonds. The molecule has 1 aliphatic rings. The molecule has 0 bridgehead atoms. The van der Waals surface area contributed by atoms with Crippen molar-refractivity contribution >= 4 is 17.9 Å². The first-order valence-corrected chi connectivity index (χ1v) is 11.5. The van der Waals surface area contributed by atoms with E-state index < -0.39 is 5.97 Å². The fourth-order valence-corrected chi connectivity index (χ4v) is 3.71. The molecule has 174 valence electrons. The molecule has 0 spiro atoms. The van der Waals surface area contributed by atoms with Crippen molar-refractivity contribution in [2.75, 3.05) is 37.8 Å². The summed E-state index contributed by atoms with van der Waals surface area (Å²) in [7, 11) is 0. The van der Waals surface area contributed by atoms with Gasteiger partial charge in [0, 0.05) is 49.5 Å². The van der Waals surface area contributed by atoms with Crippen LogP contribution in [0.15, 0.2) is 42.5 Å². The number of aliphatic carboxylic acids is 1. The lowest BCUT2D eigenvalue weighted by Crippen LogP contribution is -2.27. The van der Waals surface area contributed by atoms with Gasteiger partial charge in [0.25, 0.3) is 0 Å². The summed E-state index contributed by atoms with van der Waals surface area (Å²) >= 11 is 0. The number of para-hydroxylation sites is 1. The maximum absolute atomic E-state index is 12.0. The molecular formula is C26H35NO5. The number of hydrogen-bond donors (Lipinski definition) is 1. The molecule has 1 saturated heterocycles. The molecular weight excluding hydrogens is 406 g/mol. The summed E-state index contributed by atoms with van der Waals surface area (Å²) in [6.45, 7) is 7.90. The van der Waals surface area contributed by atoms with Crippen molar-refractivity contribution in [2.45, 2.75) is 46.0 Å². The molecule has 0 aliphatic carbocycles. The van der Waals surface area contributed by atoms with Crippen LogP contribution < -0.4 is 9.64 Å². The summed E-state index contributed by atoms with van der Waals surface area (Å²) in [5.41, 5.74) is 3.14. The lowest BCUT2D eigenvalue weighted by molar-refractivity contribution is -0.137. The summed E-state index contributed by atoms with van der Waals surface area (Å²) in [5, 5.41) is 8.91. The average molecular weight is 442 g/mol. The van der Waals surface area contributed by atoms with Gasteiger partial charge in [-0.3, -0.25) is 9.59 Å². The van der Waals surface area contributed by atoms with Crippen LogP contribution in [0.5, 0.6) is 5.75 Å². The molecule has 1 heterocycles. The van der Waals surface area contributed by atoms with Gasteiger partial charge in [0.05, 0.1) is 6.61 Å². The monoisotopic (exact) mass is 441 g/mol. The number of aldehydes is 1. The Labute approximate surface area is 191 Å². The molecule has 6 heteroatoms. The first-order valence-electron chi connectivity index (χ1n) is 11.5. The normalized spacial score (nSPS) is 12.6. The van der Waals surface area contributed by atoms with Crippen LogP contribution >= 0.6 is 0 Å². The van der Waals surface area contributed by atoms with E-state index >= 15 is 0 Å². The highest BCUT2D eigenvalue weighted by Crippen LogP contribution is 2.36. The van der Waals surface area contributed by atoms with Crippen molar-refractivity contribution in [1.29, 1.82) is 0 Å². The van der Waals surface area contributed by atoms with Gasteiger partial charge in [-0.05, 0) is 50.3 Å². The number of benzene rings is 2. The van der Waals surface area contributed by atoms with Crippen molar-refractivity contribution in [1.82, 2.24) is 0 Å². The van der Waals surface area contributed by atoms with Crippen molar-refractivity contribution in [2.24, 2.45) is 0 Å². The number of rotatable bonds is 11. The smallest absolute Gasteiger partial charge is 0.303 e. The van der Waals surface area contributed by atoms with Gasteiger partial charge in [0.1, 0.15) is 5.75 Å². The predicted molar refractivity (Wildman–Crippen MR) is 128 cm³/mol. The van der Waals surface area contributed by atoms with E-state index in [1.165, 1.54) is 12.8 Å². The number of carbonyl (C=O) groups excluding carboxylic acids is 1. The molecule has 2 aromatic carbocycles. The number of carboxylic acids is 1. The maximum atomic E-state index is 12.0. The van der Waals surface area contributed by atoms with Crippen molar-refractivity contribution < 1.29 is 24.2 Å². The van der Waals surface area contributed by atoms with Crippen molar-refractivity contribution in [3.05, 3.63) is 48.0 Å². The highest BCUT2D eigenvalue weighted by Gasteiger charge is 2.17. The van der Waals surface area contributed by atoms with Crippen LogP contribution in [0, 0.1) is 0 Å². The van der Waals surface area contributed by atoms with Crippen LogP contribution in [0.25, 0.3) is 11.1 Å². The second-order valence-electron chi connectivity index (χ2n) is 7.59. The van der Waals surface area contributed by atoms with Gasteiger partial charge in [-0.25, -0.2) is 0 Å². The number of ether oxygens (including phenoxy) is 2. The minimum absolute atomic E-state index is 0.115. The Kier molecular flexibility index (Phi) is 11.3. The summed E-state index contributed by atoms with van der Waals surface area (Å²) in [6.07, 6.45) is 5.00. The Hall–Kier alpha value is -2.86. The zero-order valence-electron chi connectivity index (χ0n) is 19.2. The molecule has 2 aromatic rings. The van der Waals surface area contributed by atoms with Crippen molar-refractivity contribution in [3.8, 4) is 16.9 Å². The lowest BCUT2D eigenvalue weighted by Gasteiger charge is -2.27. The van der Waals surface area contributed by atoms with Gasteiger partial charge in [0.2, 0.25) is 0 Å². The number of anilines is 1. The molecule has 0 saturated carbocycles. The van der Waals surface area contributed by atoms with Gasteiger partial charge in [-0.1, -0.05) is 37.3 Å². The molecule has 0 aromatic heterocycles. The van der Waals surface area contributed by atoms with Crippen LogP contribution in [0.4, 0.5) is 5.69 Å². The standard InChI is InChI=1S/C22H27NO4.C4H8O/c1-3-14-23(15-8-13-22(25)26)20-11-7-10-17(19(20)16-24)18-9-5-6-12-21(18)27-4-2;1-2-4-5-3-1/h5-7,9-12,16H,3-4,8,13-15H2,1-2H3,(H,25,26);1-4H2. The van der Waals surface area contributed by atoms with Gasteiger partial charge < -0.3 is 19.5 Å². The molecule has 1 N–H and O–H groups in total. The minimum atomic E-state index is -0.804. The second kappa shape index (κ2) is 14.2. The molecule has 0 atom stereocenters. The number of carbonyl (C=O) groups is 2. The zero-order valence-corrected chi connectivity index (χ0v) is 19.2. The Bertz CT molecular complexity index is 840. The van der Waals surface area contributed by atoms with Gasteiger partial charge in [-0.15, -0.1) is 0 Å². The fourth-order valence-electron chi connectivity index (χ4n) is 3.71. The molecule has 6 nitrogen and oxygen atoms in total. The molecule has 3 rings (SSSR count). The Morgan fingerprint density at radius 3 is 2.38 bits per heavy atom. The summed E-state index contributed by atoms with van der Waals surface area (Å²) in [5.74, 6) is -0.0605. The quantitative estimate of drug-likeness (QED) is 0.468. The second-order valence-corrected chi connectivity index (χ2v) is 7.59. The Morgan fingerprint density at radius 1 is 1.06 bits per heavy atom. The van der Waals surface area contributed by atoms with Gasteiger partial charge in [-0.2, -0.15) is 0 Å². The molecule has 0 radical (unpaired) electrons. The first-order chi connectivity index (χ1) is 15.6. The van der Waals surface area contributed by atoms with E-state index in [1.54, 1.807) is 0 Å². The van der Waals surface area contributed by atoms with Crippen LogP contribution in [0.3, 0.4) is 0 Å². The lowest BCUT2D eigenvalue weighted by atomic mass is 9.97. The summed E-state index contributed by atoms with van der Waals surface area (Å²) in [4.78, 5) is 25.0. The number of carboxylic acid groups (broad SMARTS) is 1. The van der Waals surface area contributed by atoms with Crippen molar-refractivity contribution in [3.63, 3.8) is 0 Å². The van der Waals surface area contributed by atoms with E-state index in [4.69, 9.17) is 14.6 Å². The first kappa shape index (κ1) is 25.4. The molecule has 1 aliphatic heterocycles. The predicted octanol–water partition coefficient (Wildman–Crippen LogP) is 5.44. The van der Waals surface area contributed by atoms with E-state index in [1.807, 2.05) is 49.4 Å². The molecule has 32 heavy (non-hydrogen) atoms. The molecule has 0 unspecified atom stereocenters. The SMILES string of the molecule is C1CCOC1.CCCN(CCCC(=O)O)c1cccc(-c2ccccc2OCC)c1C=O. The topological polar surface area (TPSA) is 76.1 Å². The van der Waals surface area contributed by atoms with E-state index in [9.17, 15) is 9.59 Å². The summed E-state index contributed by atoms with van der Waals surface area (Å²) in [6, 6.07) is 13.5. The van der Waals surface area contributed by atoms with E-state index in [0.717, 1.165) is 55.0 Å². The number of hydrogen-bond acceptors (Lipinski definition) is 5. The highest BCUT2D eigenvalue weighted by molar-refractivity contribution is 5.96. The third-order valence-corrected chi connectivity index (χ3v) is 5.16. The minimum Gasteiger partial charge on any atom is -0.493 e. The van der Waals surface area contributed by atoms with Crippen LogP contribution in [0.2, 0.25) is 0 Å². The summed E-state index contributed by atoms with van der Waals surface area (Å²) < 4.78 is 10.7. The maximum Gasteiger partial charge on any atom is 0.303 e.